The summed E-state index contributed by atoms with van der Waals surface area (Å²) in [5.74, 6) is 0.952. The third kappa shape index (κ3) is 4.55. The first-order valence-electron chi connectivity index (χ1n) is 6.77. The third-order valence-electron chi connectivity index (χ3n) is 3.05. The third-order valence-corrected chi connectivity index (χ3v) is 4.45. The summed E-state index contributed by atoms with van der Waals surface area (Å²) in [6.07, 6.45) is 0.882. The first-order valence-corrected chi connectivity index (χ1v) is 8.13. The van der Waals surface area contributed by atoms with Gasteiger partial charge in [0.2, 0.25) is 0 Å². The smallest absolute Gasteiger partial charge is 0.0417 e. The molecule has 0 aliphatic rings. The molecule has 1 unspecified atom stereocenters. The predicted octanol–water partition coefficient (Wildman–Crippen LogP) is 4.83. The minimum absolute atomic E-state index is 0.162. The SMILES string of the molecule is Cc1cccc(CSc2cc(Cl)ccc2CC(C)N)c1. The van der Waals surface area contributed by atoms with E-state index in [-0.39, 0.29) is 6.04 Å². The Kier molecular flexibility index (Phi) is 5.53. The summed E-state index contributed by atoms with van der Waals surface area (Å²) in [5.41, 5.74) is 9.83. The van der Waals surface area contributed by atoms with Crippen LogP contribution in [0.3, 0.4) is 0 Å². The van der Waals surface area contributed by atoms with Crippen LogP contribution in [0.2, 0.25) is 5.02 Å². The van der Waals surface area contributed by atoms with Crippen LogP contribution in [-0.2, 0) is 12.2 Å². The van der Waals surface area contributed by atoms with E-state index >= 15 is 0 Å². The van der Waals surface area contributed by atoms with Crippen LogP contribution in [0.5, 0.6) is 0 Å². The lowest BCUT2D eigenvalue weighted by Gasteiger charge is -2.12. The summed E-state index contributed by atoms with van der Waals surface area (Å²) in [7, 11) is 0. The van der Waals surface area contributed by atoms with E-state index in [1.54, 1.807) is 0 Å². The van der Waals surface area contributed by atoms with E-state index in [9.17, 15) is 0 Å². The van der Waals surface area contributed by atoms with Crippen molar-refractivity contribution in [3.8, 4) is 0 Å². The average molecular weight is 306 g/mol. The minimum Gasteiger partial charge on any atom is -0.328 e. The zero-order chi connectivity index (χ0) is 14.5. The minimum atomic E-state index is 0.162. The molecule has 0 radical (unpaired) electrons. The van der Waals surface area contributed by atoms with Gasteiger partial charge in [0.1, 0.15) is 0 Å². The van der Waals surface area contributed by atoms with E-state index in [2.05, 4.69) is 37.3 Å². The molecule has 0 saturated carbocycles. The zero-order valence-corrected chi connectivity index (χ0v) is 13.5. The molecule has 2 N–H and O–H groups in total. The first kappa shape index (κ1) is 15.4. The molecule has 106 valence electrons. The van der Waals surface area contributed by atoms with E-state index < -0.39 is 0 Å². The molecule has 0 heterocycles. The van der Waals surface area contributed by atoms with Crippen LogP contribution in [0.15, 0.2) is 47.4 Å². The second kappa shape index (κ2) is 7.16. The van der Waals surface area contributed by atoms with E-state index in [1.165, 1.54) is 21.6 Å². The Bertz CT molecular complexity index is 581. The maximum absolute atomic E-state index is 6.12. The van der Waals surface area contributed by atoms with Crippen molar-refractivity contribution in [3.05, 3.63) is 64.2 Å². The molecule has 2 aromatic rings. The molecule has 0 amide bonds. The van der Waals surface area contributed by atoms with E-state index in [1.807, 2.05) is 30.8 Å². The van der Waals surface area contributed by atoms with Gasteiger partial charge in [-0.25, -0.2) is 0 Å². The lowest BCUT2D eigenvalue weighted by atomic mass is 10.1. The second-order valence-electron chi connectivity index (χ2n) is 5.21. The van der Waals surface area contributed by atoms with Crippen molar-refractivity contribution in [1.29, 1.82) is 0 Å². The van der Waals surface area contributed by atoms with Crippen LogP contribution in [-0.4, -0.2) is 6.04 Å². The molecule has 1 nitrogen and oxygen atoms in total. The van der Waals surface area contributed by atoms with Gasteiger partial charge in [-0.05, 0) is 43.5 Å². The van der Waals surface area contributed by atoms with Gasteiger partial charge in [0.25, 0.3) is 0 Å². The maximum Gasteiger partial charge on any atom is 0.0417 e. The highest BCUT2D eigenvalue weighted by Gasteiger charge is 2.07. The van der Waals surface area contributed by atoms with Crippen molar-refractivity contribution >= 4 is 23.4 Å². The van der Waals surface area contributed by atoms with Crippen molar-refractivity contribution in [1.82, 2.24) is 0 Å². The van der Waals surface area contributed by atoms with Crippen molar-refractivity contribution in [2.45, 2.75) is 37.0 Å². The van der Waals surface area contributed by atoms with Gasteiger partial charge < -0.3 is 5.73 Å². The number of aryl methyl sites for hydroxylation is 1. The lowest BCUT2D eigenvalue weighted by Crippen LogP contribution is -2.18. The highest BCUT2D eigenvalue weighted by atomic mass is 35.5. The van der Waals surface area contributed by atoms with E-state index in [0.717, 1.165) is 17.2 Å². The number of benzene rings is 2. The Morgan fingerprint density at radius 2 is 2.00 bits per heavy atom. The van der Waals surface area contributed by atoms with Crippen LogP contribution in [0.1, 0.15) is 23.6 Å². The Labute approximate surface area is 130 Å². The molecule has 1 atom stereocenters. The maximum atomic E-state index is 6.12. The number of hydrogen-bond acceptors (Lipinski definition) is 2. The summed E-state index contributed by atoms with van der Waals surface area (Å²) in [6, 6.07) is 14.8. The average Bonchev–Trinajstić information content (AvgIpc) is 2.39. The number of thioether (sulfide) groups is 1. The van der Waals surface area contributed by atoms with Gasteiger partial charge in [-0.15, -0.1) is 11.8 Å². The van der Waals surface area contributed by atoms with Crippen molar-refractivity contribution in [2.75, 3.05) is 0 Å². The first-order chi connectivity index (χ1) is 9.54. The van der Waals surface area contributed by atoms with E-state index in [4.69, 9.17) is 17.3 Å². The lowest BCUT2D eigenvalue weighted by molar-refractivity contribution is 0.729. The van der Waals surface area contributed by atoms with Crippen LogP contribution < -0.4 is 5.73 Å². The van der Waals surface area contributed by atoms with Crippen LogP contribution in [0.4, 0.5) is 0 Å². The Hall–Kier alpha value is -0.960. The standard InChI is InChI=1S/C17H20ClNS/c1-12-4-3-5-14(8-12)11-20-17-10-16(18)7-6-15(17)9-13(2)19/h3-8,10,13H,9,11,19H2,1-2H3. The van der Waals surface area contributed by atoms with Crippen molar-refractivity contribution in [2.24, 2.45) is 5.73 Å². The van der Waals surface area contributed by atoms with Crippen LogP contribution >= 0.6 is 23.4 Å². The molecule has 0 fully saturated rings. The molecule has 0 aromatic heterocycles. The molecule has 2 rings (SSSR count). The highest BCUT2D eigenvalue weighted by molar-refractivity contribution is 7.98. The molecule has 0 aliphatic carbocycles. The summed E-state index contributed by atoms with van der Waals surface area (Å²) in [6.45, 7) is 4.15. The molecule has 0 bridgehead atoms. The van der Waals surface area contributed by atoms with Gasteiger partial charge in [0.15, 0.2) is 0 Å². The topological polar surface area (TPSA) is 26.0 Å². The summed E-state index contributed by atoms with van der Waals surface area (Å²) >= 11 is 7.94. The van der Waals surface area contributed by atoms with Crippen LogP contribution in [0.25, 0.3) is 0 Å². The zero-order valence-electron chi connectivity index (χ0n) is 11.9. The van der Waals surface area contributed by atoms with Gasteiger partial charge in [0, 0.05) is 21.7 Å². The van der Waals surface area contributed by atoms with Gasteiger partial charge >= 0.3 is 0 Å². The Morgan fingerprint density at radius 3 is 2.70 bits per heavy atom. The molecule has 2 aromatic carbocycles. The molecule has 3 heteroatoms. The van der Waals surface area contributed by atoms with Crippen molar-refractivity contribution in [3.63, 3.8) is 0 Å². The highest BCUT2D eigenvalue weighted by Crippen LogP contribution is 2.30. The fourth-order valence-corrected chi connectivity index (χ4v) is 3.43. The van der Waals surface area contributed by atoms with Gasteiger partial charge in [-0.3, -0.25) is 0 Å². The number of hydrogen-bond donors (Lipinski definition) is 1. The quantitative estimate of drug-likeness (QED) is 0.801. The normalized spacial score (nSPS) is 12.4. The largest absolute Gasteiger partial charge is 0.328 e. The number of halogens is 1. The fraction of sp³-hybridized carbons (Fsp3) is 0.294. The van der Waals surface area contributed by atoms with Crippen molar-refractivity contribution < 1.29 is 0 Å². The van der Waals surface area contributed by atoms with Gasteiger partial charge in [-0.2, -0.15) is 0 Å². The molecule has 0 aliphatic heterocycles. The Balaban J connectivity index is 2.13. The second-order valence-corrected chi connectivity index (χ2v) is 6.66. The molecule has 0 spiro atoms. The fourth-order valence-electron chi connectivity index (χ4n) is 2.14. The summed E-state index contributed by atoms with van der Waals surface area (Å²) in [4.78, 5) is 1.23. The molecular weight excluding hydrogens is 286 g/mol. The molecular formula is C17H20ClNS. The van der Waals surface area contributed by atoms with Crippen LogP contribution in [0, 0.1) is 6.92 Å². The number of rotatable bonds is 5. The van der Waals surface area contributed by atoms with Gasteiger partial charge in [-0.1, -0.05) is 47.5 Å². The Morgan fingerprint density at radius 1 is 1.20 bits per heavy atom. The van der Waals surface area contributed by atoms with Gasteiger partial charge in [0.05, 0.1) is 0 Å². The summed E-state index contributed by atoms with van der Waals surface area (Å²) in [5, 5.41) is 0.783. The monoisotopic (exact) mass is 305 g/mol. The molecule has 0 saturated heterocycles. The predicted molar refractivity (Wildman–Crippen MR) is 89.5 cm³/mol. The number of nitrogens with two attached hydrogens (primary N) is 1. The summed E-state index contributed by atoms with van der Waals surface area (Å²) < 4.78 is 0. The molecule has 20 heavy (non-hydrogen) atoms. The van der Waals surface area contributed by atoms with E-state index in [0.29, 0.717) is 0 Å².